The number of carbonyl (C=O) groups excluding carboxylic acids is 1. The topological polar surface area (TPSA) is 64.3 Å². The molecule has 0 spiro atoms. The van der Waals surface area contributed by atoms with Gasteiger partial charge in [-0.1, -0.05) is 23.9 Å². The molecule has 1 unspecified atom stereocenters. The van der Waals surface area contributed by atoms with Crippen molar-refractivity contribution < 1.29 is 14.6 Å². The van der Waals surface area contributed by atoms with Gasteiger partial charge in [-0.3, -0.25) is 0 Å². The van der Waals surface area contributed by atoms with Crippen LogP contribution in [0.25, 0.3) is 0 Å². The van der Waals surface area contributed by atoms with Crippen LogP contribution in [-0.2, 0) is 18.3 Å². The highest BCUT2D eigenvalue weighted by atomic mass is 32.2. The minimum absolute atomic E-state index is 0.193. The van der Waals surface area contributed by atoms with Crippen molar-refractivity contribution in [1.29, 1.82) is 0 Å². The molecule has 0 amide bonds. The lowest BCUT2D eigenvalue weighted by Crippen LogP contribution is -2.20. The number of benzene rings is 1. The predicted molar refractivity (Wildman–Crippen MR) is 90.9 cm³/mol. The summed E-state index contributed by atoms with van der Waals surface area (Å²) >= 11 is 1.50. The first-order valence-electron chi connectivity index (χ1n) is 7.54. The van der Waals surface area contributed by atoms with Crippen LogP contribution < -0.4 is 4.74 Å². The number of carbonyl (C=O) groups is 1. The number of hydrogen-bond acceptors (Lipinski definition) is 5. The highest BCUT2D eigenvalue weighted by molar-refractivity contribution is 7.99. The van der Waals surface area contributed by atoms with Crippen molar-refractivity contribution in [1.82, 2.24) is 9.55 Å². The molecule has 1 atom stereocenters. The van der Waals surface area contributed by atoms with E-state index < -0.39 is 6.10 Å². The van der Waals surface area contributed by atoms with Crippen LogP contribution >= 0.6 is 11.8 Å². The first-order valence-corrected chi connectivity index (χ1v) is 8.52. The first kappa shape index (κ1) is 17.6. The zero-order chi connectivity index (χ0) is 16.7. The predicted octanol–water partition coefficient (Wildman–Crippen LogP) is 2.47. The molecule has 0 aliphatic rings. The average molecular weight is 334 g/mol. The number of aliphatic hydroxyl groups is 1. The molecule has 2 aromatic rings. The minimum atomic E-state index is -0.561. The maximum Gasteiger partial charge on any atom is 0.167 e. The lowest BCUT2D eigenvalue weighted by molar-refractivity contribution is -0.116. The molecular weight excluding hydrogens is 312 g/mol. The second kappa shape index (κ2) is 8.74. The molecule has 0 radical (unpaired) electrons. The summed E-state index contributed by atoms with van der Waals surface area (Å²) in [6, 6.07) is 7.64. The van der Waals surface area contributed by atoms with E-state index in [0.29, 0.717) is 12.2 Å². The van der Waals surface area contributed by atoms with Crippen LogP contribution in [0.15, 0.2) is 41.8 Å². The molecule has 0 saturated heterocycles. The Morgan fingerprint density at radius 1 is 1.39 bits per heavy atom. The molecular formula is C17H22N2O3S. The Morgan fingerprint density at radius 3 is 2.74 bits per heavy atom. The molecule has 0 bridgehead atoms. The maximum atomic E-state index is 11.0. The normalized spacial score (nSPS) is 12.1. The number of aromatic nitrogens is 2. The molecule has 5 nitrogen and oxygen atoms in total. The second-order valence-electron chi connectivity index (χ2n) is 5.44. The van der Waals surface area contributed by atoms with Gasteiger partial charge in [0.05, 0.1) is 6.10 Å². The van der Waals surface area contributed by atoms with Gasteiger partial charge in [-0.05, 0) is 31.0 Å². The third-order valence-corrected chi connectivity index (χ3v) is 4.52. The van der Waals surface area contributed by atoms with E-state index in [1.165, 1.54) is 11.8 Å². The third-order valence-electron chi connectivity index (χ3n) is 3.31. The van der Waals surface area contributed by atoms with Crippen LogP contribution in [0.4, 0.5) is 0 Å². The quantitative estimate of drug-likeness (QED) is 0.714. The zero-order valence-corrected chi connectivity index (χ0v) is 14.3. The summed E-state index contributed by atoms with van der Waals surface area (Å²) in [5.74, 6) is 1.44. The lowest BCUT2D eigenvalue weighted by atomic mass is 10.1. The number of nitrogens with zero attached hydrogens (tertiary/aromatic N) is 2. The lowest BCUT2D eigenvalue weighted by Gasteiger charge is -2.12. The van der Waals surface area contributed by atoms with Crippen LogP contribution in [-0.4, -0.2) is 38.9 Å². The number of ether oxygens (including phenoxy) is 1. The third kappa shape index (κ3) is 6.08. The van der Waals surface area contributed by atoms with Crippen molar-refractivity contribution >= 4 is 17.5 Å². The van der Waals surface area contributed by atoms with Crippen molar-refractivity contribution in [3.63, 3.8) is 0 Å². The number of thioether (sulfide) groups is 1. The van der Waals surface area contributed by atoms with E-state index in [-0.39, 0.29) is 12.4 Å². The fourth-order valence-electron chi connectivity index (χ4n) is 1.97. The van der Waals surface area contributed by atoms with Gasteiger partial charge in [-0.2, -0.15) is 0 Å². The molecule has 2 rings (SSSR count). The number of aryl methyl sites for hydroxylation is 2. The number of ketones is 1. The van der Waals surface area contributed by atoms with Gasteiger partial charge in [0, 0.05) is 31.6 Å². The summed E-state index contributed by atoms with van der Waals surface area (Å²) < 4.78 is 7.51. The van der Waals surface area contributed by atoms with Crippen LogP contribution in [0.2, 0.25) is 0 Å². The fraction of sp³-hybridized carbons (Fsp3) is 0.412. The van der Waals surface area contributed by atoms with Gasteiger partial charge in [-0.25, -0.2) is 4.98 Å². The number of Topliss-reactive ketones (excluding diaryl/α,β-unsaturated/α-hetero) is 1. The molecule has 1 N–H and O–H groups in total. The summed E-state index contributed by atoms with van der Waals surface area (Å²) in [6.07, 6.45) is 4.36. The average Bonchev–Trinajstić information content (AvgIpc) is 2.95. The van der Waals surface area contributed by atoms with E-state index in [2.05, 4.69) is 4.98 Å². The molecule has 0 fully saturated rings. The van der Waals surface area contributed by atoms with Crippen LogP contribution in [0.3, 0.4) is 0 Å². The molecule has 23 heavy (non-hydrogen) atoms. The second-order valence-corrected chi connectivity index (χ2v) is 6.43. The largest absolute Gasteiger partial charge is 0.491 e. The maximum absolute atomic E-state index is 11.0. The van der Waals surface area contributed by atoms with Gasteiger partial charge < -0.3 is 19.2 Å². The van der Waals surface area contributed by atoms with Crippen molar-refractivity contribution in [2.45, 2.75) is 31.0 Å². The van der Waals surface area contributed by atoms with Crippen molar-refractivity contribution in [3.05, 3.63) is 42.2 Å². The Kier molecular flexibility index (Phi) is 6.67. The number of rotatable bonds is 9. The van der Waals surface area contributed by atoms with Gasteiger partial charge >= 0.3 is 0 Å². The Bertz CT molecular complexity index is 625. The molecule has 1 heterocycles. The summed E-state index contributed by atoms with van der Waals surface area (Å²) in [5, 5.41) is 10.9. The molecule has 124 valence electrons. The Morgan fingerprint density at radius 2 is 2.13 bits per heavy atom. The highest BCUT2D eigenvalue weighted by Crippen LogP contribution is 2.17. The Labute approximate surface area is 140 Å². The summed E-state index contributed by atoms with van der Waals surface area (Å²) in [4.78, 5) is 15.2. The van der Waals surface area contributed by atoms with Crippen LogP contribution in [0.1, 0.15) is 18.9 Å². The van der Waals surface area contributed by atoms with Gasteiger partial charge in [0.15, 0.2) is 5.16 Å². The fourth-order valence-corrected chi connectivity index (χ4v) is 2.81. The number of hydrogen-bond donors (Lipinski definition) is 1. The van der Waals surface area contributed by atoms with E-state index in [1.807, 2.05) is 42.1 Å². The summed E-state index contributed by atoms with van der Waals surface area (Å²) in [5.41, 5.74) is 1.11. The molecule has 1 aromatic heterocycles. The van der Waals surface area contributed by atoms with E-state index in [9.17, 15) is 9.90 Å². The monoisotopic (exact) mass is 334 g/mol. The number of aliphatic hydroxyl groups excluding tert-OH is 1. The summed E-state index contributed by atoms with van der Waals surface area (Å²) in [6.45, 7) is 1.84. The van der Waals surface area contributed by atoms with Gasteiger partial charge in [-0.15, -0.1) is 0 Å². The van der Waals surface area contributed by atoms with Crippen molar-refractivity contribution in [2.75, 3.05) is 12.4 Å². The van der Waals surface area contributed by atoms with Crippen LogP contribution in [0, 0.1) is 0 Å². The van der Waals surface area contributed by atoms with Gasteiger partial charge in [0.25, 0.3) is 0 Å². The Hall–Kier alpha value is -1.79. The summed E-state index contributed by atoms with van der Waals surface area (Å²) in [7, 11) is 1.92. The van der Waals surface area contributed by atoms with E-state index >= 15 is 0 Å². The number of imidazole rings is 1. The van der Waals surface area contributed by atoms with E-state index in [0.717, 1.165) is 22.9 Å². The smallest absolute Gasteiger partial charge is 0.167 e. The van der Waals surface area contributed by atoms with Crippen LogP contribution in [0.5, 0.6) is 5.75 Å². The van der Waals surface area contributed by atoms with Gasteiger partial charge in [0.2, 0.25) is 0 Å². The Balaban J connectivity index is 1.72. The van der Waals surface area contributed by atoms with Gasteiger partial charge in [0.1, 0.15) is 18.1 Å². The zero-order valence-electron chi connectivity index (χ0n) is 13.4. The van der Waals surface area contributed by atoms with E-state index in [1.54, 1.807) is 13.1 Å². The highest BCUT2D eigenvalue weighted by Gasteiger charge is 2.09. The standard InChI is InChI=1S/C17H22N2O3S/c1-13(20)3-4-14-5-7-16(8-6-14)22-11-15(21)12-23-17-18-9-10-19(17)2/h5-10,15,21H,3-4,11-12H2,1-2H3. The first-order chi connectivity index (χ1) is 11.0. The molecule has 0 saturated carbocycles. The minimum Gasteiger partial charge on any atom is -0.491 e. The molecule has 1 aromatic carbocycles. The van der Waals surface area contributed by atoms with Crippen molar-refractivity contribution in [3.8, 4) is 5.75 Å². The SMILES string of the molecule is CC(=O)CCc1ccc(OCC(O)CSc2nccn2C)cc1. The molecule has 0 aliphatic carbocycles. The molecule has 0 aliphatic heterocycles. The molecule has 6 heteroatoms. The van der Waals surface area contributed by atoms with Crippen molar-refractivity contribution in [2.24, 2.45) is 7.05 Å². The van der Waals surface area contributed by atoms with E-state index in [4.69, 9.17) is 4.74 Å².